The molecule has 4 aromatic rings. The number of rotatable bonds is 6. The van der Waals surface area contributed by atoms with Crippen LogP contribution < -0.4 is 10.2 Å². The molecule has 0 saturated carbocycles. The Hall–Kier alpha value is -4.50. The average Bonchev–Trinajstić information content (AvgIpc) is 3.57. The number of aryl methyl sites for hydroxylation is 1. The highest BCUT2D eigenvalue weighted by molar-refractivity contribution is 7.11. The smallest absolute Gasteiger partial charge is 0.433 e. The van der Waals surface area contributed by atoms with Crippen LogP contribution in [0.4, 0.5) is 5.88 Å². The summed E-state index contributed by atoms with van der Waals surface area (Å²) < 4.78 is 11.3. The highest BCUT2D eigenvalue weighted by Gasteiger charge is 2.31. The fourth-order valence-corrected chi connectivity index (χ4v) is 4.62. The summed E-state index contributed by atoms with van der Waals surface area (Å²) in [6.45, 7) is 2.03. The molecule has 1 aliphatic heterocycles. The Morgan fingerprint density at radius 3 is 2.60 bits per heavy atom. The van der Waals surface area contributed by atoms with E-state index in [0.29, 0.717) is 5.76 Å². The van der Waals surface area contributed by atoms with Crippen LogP contribution in [0, 0.1) is 17.0 Å². The lowest BCUT2D eigenvalue weighted by Crippen LogP contribution is -2.20. The largest absolute Gasteiger partial charge is 0.455 e. The molecule has 1 N–H and O–H groups in total. The maximum Gasteiger partial charge on any atom is 0.433 e. The number of nitro groups is 1. The fourth-order valence-electron chi connectivity index (χ4n) is 3.89. The number of furan rings is 1. The number of fused-ring (bicyclic) bond motifs is 1. The Balaban J connectivity index is 1.55. The van der Waals surface area contributed by atoms with Gasteiger partial charge in [-0.05, 0) is 36.1 Å². The number of ether oxygens (including phenoxy) is 1. The zero-order valence-electron chi connectivity index (χ0n) is 18.5. The molecule has 5 rings (SSSR count). The molecular formula is C26H19N3O5S. The molecule has 0 spiro atoms. The van der Waals surface area contributed by atoms with Gasteiger partial charge in [0.25, 0.3) is 0 Å². The first-order valence-corrected chi connectivity index (χ1v) is 11.6. The molecule has 0 aliphatic carbocycles. The van der Waals surface area contributed by atoms with Crippen molar-refractivity contribution in [2.75, 3.05) is 0 Å². The molecule has 0 saturated heterocycles. The minimum absolute atomic E-state index is 0.192. The van der Waals surface area contributed by atoms with Gasteiger partial charge in [-0.25, -0.2) is 5.43 Å². The summed E-state index contributed by atoms with van der Waals surface area (Å²) in [6.07, 6.45) is 1.56. The van der Waals surface area contributed by atoms with E-state index in [4.69, 9.17) is 9.15 Å². The first-order chi connectivity index (χ1) is 17.0. The van der Waals surface area contributed by atoms with E-state index in [0.717, 1.165) is 39.0 Å². The highest BCUT2D eigenvalue weighted by atomic mass is 32.1. The van der Waals surface area contributed by atoms with Gasteiger partial charge in [0, 0.05) is 17.1 Å². The lowest BCUT2D eigenvalue weighted by atomic mass is 9.82. The zero-order valence-corrected chi connectivity index (χ0v) is 19.3. The van der Waals surface area contributed by atoms with Crippen LogP contribution in [0.3, 0.4) is 0 Å². The number of benzene rings is 2. The molecule has 35 heavy (non-hydrogen) atoms. The molecule has 0 bridgehead atoms. The number of allylic oxidation sites excluding steroid dienone is 1. The molecule has 9 heteroatoms. The molecule has 2 aromatic heterocycles. The van der Waals surface area contributed by atoms with E-state index in [9.17, 15) is 14.9 Å². The van der Waals surface area contributed by atoms with Gasteiger partial charge in [0.1, 0.15) is 16.4 Å². The summed E-state index contributed by atoms with van der Waals surface area (Å²) in [5.41, 5.74) is 6.34. The molecule has 1 amide bonds. The van der Waals surface area contributed by atoms with Crippen molar-refractivity contribution in [3.63, 3.8) is 0 Å². The summed E-state index contributed by atoms with van der Waals surface area (Å²) in [7, 11) is 0. The van der Waals surface area contributed by atoms with Crippen molar-refractivity contribution in [2.45, 2.75) is 12.8 Å². The lowest BCUT2D eigenvalue weighted by Gasteiger charge is -2.29. The number of thiophene rings is 1. The van der Waals surface area contributed by atoms with E-state index >= 15 is 0 Å². The summed E-state index contributed by atoms with van der Waals surface area (Å²) in [4.78, 5) is 23.5. The van der Waals surface area contributed by atoms with E-state index in [2.05, 4.69) is 34.8 Å². The van der Waals surface area contributed by atoms with Gasteiger partial charge in [0.2, 0.25) is 5.76 Å². The predicted molar refractivity (Wildman–Crippen MR) is 133 cm³/mol. The van der Waals surface area contributed by atoms with Gasteiger partial charge in [0.05, 0.1) is 17.2 Å². The summed E-state index contributed by atoms with van der Waals surface area (Å²) in [5, 5.41) is 17.0. The first kappa shape index (κ1) is 22.3. The quantitative estimate of drug-likeness (QED) is 0.208. The van der Waals surface area contributed by atoms with Crippen LogP contribution in [-0.4, -0.2) is 17.0 Å². The molecule has 1 unspecified atom stereocenters. The van der Waals surface area contributed by atoms with E-state index in [1.807, 2.05) is 48.7 Å². The second-order valence-electron chi connectivity index (χ2n) is 7.84. The summed E-state index contributed by atoms with van der Waals surface area (Å²) >= 11 is 1.54. The summed E-state index contributed by atoms with van der Waals surface area (Å²) in [6, 6.07) is 22.3. The Kier molecular flexibility index (Phi) is 5.99. The number of amides is 1. The minimum atomic E-state index is -0.707. The first-order valence-electron chi connectivity index (χ1n) is 10.7. The number of carbonyl (C=O) groups excluding carboxylic acids is 1. The second-order valence-corrected chi connectivity index (χ2v) is 8.79. The molecule has 174 valence electrons. The van der Waals surface area contributed by atoms with Crippen molar-refractivity contribution in [3.05, 3.63) is 121 Å². The van der Waals surface area contributed by atoms with E-state index in [1.165, 1.54) is 17.4 Å². The second kappa shape index (κ2) is 9.40. The predicted octanol–water partition coefficient (Wildman–Crippen LogP) is 5.91. The van der Waals surface area contributed by atoms with Gasteiger partial charge in [-0.15, -0.1) is 11.3 Å². The van der Waals surface area contributed by atoms with Gasteiger partial charge in [-0.2, -0.15) is 5.10 Å². The van der Waals surface area contributed by atoms with Crippen LogP contribution in [0.5, 0.6) is 5.75 Å². The highest BCUT2D eigenvalue weighted by Crippen LogP contribution is 2.45. The van der Waals surface area contributed by atoms with Gasteiger partial charge < -0.3 is 9.15 Å². The van der Waals surface area contributed by atoms with Crippen LogP contribution >= 0.6 is 11.3 Å². The molecule has 1 aliphatic rings. The molecular weight excluding hydrogens is 466 g/mol. The third-order valence-electron chi connectivity index (χ3n) is 5.54. The van der Waals surface area contributed by atoms with Crippen LogP contribution in [-0.2, 0) is 0 Å². The van der Waals surface area contributed by atoms with E-state index < -0.39 is 16.7 Å². The van der Waals surface area contributed by atoms with Gasteiger partial charge in [-0.3, -0.25) is 14.9 Å². The van der Waals surface area contributed by atoms with Crippen molar-refractivity contribution in [2.24, 2.45) is 5.10 Å². The number of nitrogens with one attached hydrogen (secondary N) is 1. The van der Waals surface area contributed by atoms with Crippen molar-refractivity contribution >= 4 is 35.1 Å². The Bertz CT molecular complexity index is 1450. The number of hydrogen-bond donors (Lipinski definition) is 1. The fraction of sp³-hybridized carbons (Fsp3) is 0.0769. The van der Waals surface area contributed by atoms with Crippen LogP contribution in [0.2, 0.25) is 0 Å². The maximum atomic E-state index is 12.4. The SMILES string of the molecule is Cc1ccc(C2C(C=NNC(=O)c3ccc([N+](=O)[O-])o3)=C(c3cccs3)Oc3ccccc32)cc1. The van der Waals surface area contributed by atoms with E-state index in [-0.39, 0.29) is 11.7 Å². The Morgan fingerprint density at radius 1 is 1.09 bits per heavy atom. The number of carbonyl (C=O) groups is 1. The molecule has 2 aromatic carbocycles. The van der Waals surface area contributed by atoms with Gasteiger partial charge >= 0.3 is 11.8 Å². The molecule has 3 heterocycles. The molecule has 0 fully saturated rings. The maximum absolute atomic E-state index is 12.4. The van der Waals surface area contributed by atoms with Crippen LogP contribution in [0.1, 0.15) is 38.0 Å². The van der Waals surface area contributed by atoms with E-state index in [1.54, 1.807) is 6.21 Å². The third-order valence-corrected chi connectivity index (χ3v) is 6.40. The van der Waals surface area contributed by atoms with Crippen LogP contribution in [0.25, 0.3) is 5.76 Å². The number of para-hydroxylation sites is 1. The van der Waals surface area contributed by atoms with Crippen molar-refractivity contribution in [1.29, 1.82) is 0 Å². The number of nitrogens with zero attached hydrogens (tertiary/aromatic N) is 2. The Morgan fingerprint density at radius 2 is 1.89 bits per heavy atom. The summed E-state index contributed by atoms with van der Waals surface area (Å²) in [5.74, 6) is -0.207. The molecule has 0 radical (unpaired) electrons. The zero-order chi connectivity index (χ0) is 24.4. The number of hydrazone groups is 1. The third kappa shape index (κ3) is 4.49. The van der Waals surface area contributed by atoms with Crippen molar-refractivity contribution in [3.8, 4) is 5.75 Å². The van der Waals surface area contributed by atoms with Crippen LogP contribution in [0.15, 0.2) is 93.3 Å². The lowest BCUT2D eigenvalue weighted by molar-refractivity contribution is -0.402. The van der Waals surface area contributed by atoms with Gasteiger partial charge in [-0.1, -0.05) is 54.1 Å². The van der Waals surface area contributed by atoms with Gasteiger partial charge in [0.15, 0.2) is 0 Å². The number of hydrogen-bond acceptors (Lipinski definition) is 7. The normalized spacial score (nSPS) is 15.1. The van der Waals surface area contributed by atoms with Crippen molar-refractivity contribution < 1.29 is 18.9 Å². The standard InChI is InChI=1S/C26H19N3O5S/c1-16-8-10-17(11-9-16)24-18-5-2-3-6-20(18)34-25(22-7-4-14-35-22)19(24)15-27-28-26(30)21-12-13-23(33-21)29(31)32/h2-15,24H,1H3,(H,28,30). The average molecular weight is 486 g/mol. The molecule has 1 atom stereocenters. The monoisotopic (exact) mass is 485 g/mol. The van der Waals surface area contributed by atoms with Crippen molar-refractivity contribution in [1.82, 2.24) is 5.43 Å². The Labute approximate surface area is 204 Å². The molecule has 8 nitrogen and oxygen atoms in total. The topological polar surface area (TPSA) is 107 Å². The minimum Gasteiger partial charge on any atom is -0.455 e.